The second-order valence-electron chi connectivity index (χ2n) is 6.51. The highest BCUT2D eigenvalue weighted by Gasteiger charge is 2.31. The number of ether oxygens (including phenoxy) is 1. The zero-order chi connectivity index (χ0) is 20.3. The Bertz CT molecular complexity index is 957. The molecule has 1 aromatic heterocycles. The normalized spacial score (nSPS) is 16.9. The molecule has 2 N–H and O–H groups in total. The van der Waals surface area contributed by atoms with Crippen molar-refractivity contribution >= 4 is 38.7 Å². The number of halogens is 1. The van der Waals surface area contributed by atoms with E-state index >= 15 is 0 Å². The van der Waals surface area contributed by atoms with E-state index in [1.807, 2.05) is 0 Å². The van der Waals surface area contributed by atoms with Crippen molar-refractivity contribution in [2.24, 2.45) is 5.16 Å². The summed E-state index contributed by atoms with van der Waals surface area (Å²) < 4.78 is 32.5. The van der Waals surface area contributed by atoms with Crippen molar-refractivity contribution in [3.63, 3.8) is 0 Å². The smallest absolute Gasteiger partial charge is 0.244 e. The van der Waals surface area contributed by atoms with Crippen LogP contribution in [0.15, 0.2) is 39.7 Å². The highest BCUT2D eigenvalue weighted by molar-refractivity contribution is 7.89. The summed E-state index contributed by atoms with van der Waals surface area (Å²) in [6, 6.07) is 6.69. The van der Waals surface area contributed by atoms with Crippen molar-refractivity contribution in [3.05, 3.63) is 45.1 Å². The molecule has 0 amide bonds. The fourth-order valence-electron chi connectivity index (χ4n) is 3.04. The highest BCUT2D eigenvalue weighted by Crippen LogP contribution is 2.34. The fourth-order valence-corrected chi connectivity index (χ4v) is 6.08. The minimum atomic E-state index is -3.78. The van der Waals surface area contributed by atoms with Crippen LogP contribution in [0.4, 0.5) is 0 Å². The molecule has 1 aliphatic rings. The maximum Gasteiger partial charge on any atom is 0.244 e. The summed E-state index contributed by atoms with van der Waals surface area (Å²) in [4.78, 5) is 0.925. The van der Waals surface area contributed by atoms with Crippen LogP contribution >= 0.6 is 22.9 Å². The average Bonchev–Trinajstić information content (AvgIpc) is 3.12. The van der Waals surface area contributed by atoms with E-state index in [1.165, 1.54) is 18.4 Å². The number of aliphatic hydroxyl groups excluding tert-OH is 1. The largest absolute Gasteiger partial charge is 0.491 e. The first-order chi connectivity index (χ1) is 13.3. The molecule has 3 rings (SSSR count). The zero-order valence-corrected chi connectivity index (χ0v) is 17.6. The molecule has 7 nitrogen and oxygen atoms in total. The van der Waals surface area contributed by atoms with Crippen molar-refractivity contribution < 1.29 is 23.5 Å². The third kappa shape index (κ3) is 4.49. The molecule has 1 aromatic carbocycles. The lowest BCUT2D eigenvalue weighted by Crippen LogP contribution is -2.37. The summed E-state index contributed by atoms with van der Waals surface area (Å²) in [5.74, 6) is 0.539. The molecule has 1 heterocycles. The number of benzene rings is 1. The van der Waals surface area contributed by atoms with E-state index in [4.69, 9.17) is 21.5 Å². The quantitative estimate of drug-likeness (QED) is 0.505. The predicted octanol–water partition coefficient (Wildman–Crippen LogP) is 2.98. The molecular weight excluding hydrogens is 424 g/mol. The lowest BCUT2D eigenvalue weighted by atomic mass is 9.98. The molecule has 152 valence electrons. The number of thiophene rings is 1. The summed E-state index contributed by atoms with van der Waals surface area (Å²) in [6.45, 7) is -0.161. The second kappa shape index (κ2) is 8.79. The maximum atomic E-state index is 13.0. The van der Waals surface area contributed by atoms with Gasteiger partial charge in [-0.2, -0.15) is 4.31 Å². The highest BCUT2D eigenvalue weighted by atomic mass is 35.5. The Morgan fingerprint density at radius 2 is 2.04 bits per heavy atom. The number of rotatable bonds is 7. The number of aliphatic hydroxyl groups is 1. The third-order valence-corrected chi connectivity index (χ3v) is 7.85. The molecule has 0 bridgehead atoms. The summed E-state index contributed by atoms with van der Waals surface area (Å²) in [5, 5.41) is 24.8. The van der Waals surface area contributed by atoms with Gasteiger partial charge >= 0.3 is 0 Å². The monoisotopic (exact) mass is 444 g/mol. The number of fused-ring (bicyclic) bond motifs is 1. The minimum Gasteiger partial charge on any atom is -0.491 e. The van der Waals surface area contributed by atoms with Crippen LogP contribution in [0.1, 0.15) is 23.3 Å². The molecule has 28 heavy (non-hydrogen) atoms. The van der Waals surface area contributed by atoms with Crippen molar-refractivity contribution in [1.29, 1.82) is 0 Å². The van der Waals surface area contributed by atoms with Gasteiger partial charge in [0.15, 0.2) is 0 Å². The van der Waals surface area contributed by atoms with Gasteiger partial charge in [-0.15, -0.1) is 11.3 Å². The number of nitrogens with zero attached hydrogens (tertiary/aromatic N) is 2. The first-order valence-corrected chi connectivity index (χ1v) is 11.4. The summed E-state index contributed by atoms with van der Waals surface area (Å²) in [7, 11) is -2.35. The van der Waals surface area contributed by atoms with Gasteiger partial charge in [-0.1, -0.05) is 16.8 Å². The number of hydrogen-bond acceptors (Lipinski definition) is 7. The molecular formula is C18H21ClN2O5S2. The van der Waals surface area contributed by atoms with Crippen molar-refractivity contribution in [2.75, 3.05) is 20.2 Å². The summed E-state index contributed by atoms with van der Waals surface area (Å²) in [6.07, 6.45) is 0.967. The van der Waals surface area contributed by atoms with Crippen LogP contribution < -0.4 is 4.74 Å². The van der Waals surface area contributed by atoms with E-state index in [0.717, 1.165) is 10.7 Å². The molecule has 0 radical (unpaired) electrons. The molecule has 1 aliphatic carbocycles. The Balaban J connectivity index is 1.67. The van der Waals surface area contributed by atoms with Gasteiger partial charge in [0.1, 0.15) is 18.5 Å². The Labute approximate surface area is 172 Å². The van der Waals surface area contributed by atoms with Crippen LogP contribution in [0.2, 0.25) is 5.02 Å². The molecule has 1 atom stereocenters. The van der Waals surface area contributed by atoms with E-state index in [-0.39, 0.29) is 18.0 Å². The van der Waals surface area contributed by atoms with Crippen molar-refractivity contribution in [1.82, 2.24) is 4.31 Å². The van der Waals surface area contributed by atoms with Gasteiger partial charge in [0.05, 0.1) is 15.5 Å². The molecule has 2 aromatic rings. The van der Waals surface area contributed by atoms with Crippen LogP contribution in [0.3, 0.4) is 0 Å². The fraction of sp³-hybridized carbons (Fsp3) is 0.389. The van der Waals surface area contributed by atoms with Gasteiger partial charge in [0, 0.05) is 24.0 Å². The average molecular weight is 445 g/mol. The van der Waals surface area contributed by atoms with Gasteiger partial charge in [-0.25, -0.2) is 8.42 Å². The van der Waals surface area contributed by atoms with Crippen LogP contribution in [-0.4, -0.2) is 55.1 Å². The van der Waals surface area contributed by atoms with Gasteiger partial charge in [0.2, 0.25) is 10.0 Å². The zero-order valence-electron chi connectivity index (χ0n) is 15.2. The summed E-state index contributed by atoms with van der Waals surface area (Å²) in [5.41, 5.74) is 1.20. The van der Waals surface area contributed by atoms with E-state index in [2.05, 4.69) is 5.16 Å². The number of likely N-dealkylation sites (N-methyl/N-ethyl adjacent to an activating group) is 1. The molecule has 10 heteroatoms. The summed E-state index contributed by atoms with van der Waals surface area (Å²) >= 11 is 7.07. The minimum absolute atomic E-state index is 0.0510. The standard InChI is InChI=1S/C18H21ClN2O5S2/c1-21(9-13(22)10-26-14-7-5-12(19)6-8-14)28(24,25)17-11-27-18-15(17)3-2-4-16(18)20-23/h5-8,11,13,22-23H,2-4,9-10H2,1H3/b20-16-. The Morgan fingerprint density at radius 1 is 1.32 bits per heavy atom. The first kappa shape index (κ1) is 21.1. The Hall–Kier alpha value is -1.65. The van der Waals surface area contributed by atoms with Crippen LogP contribution in [-0.2, 0) is 16.4 Å². The Kier molecular flexibility index (Phi) is 6.61. The van der Waals surface area contributed by atoms with E-state index < -0.39 is 16.1 Å². The number of oxime groups is 1. The van der Waals surface area contributed by atoms with Crippen molar-refractivity contribution in [2.45, 2.75) is 30.3 Å². The lowest BCUT2D eigenvalue weighted by Gasteiger charge is -2.22. The second-order valence-corrected chi connectivity index (χ2v) is 9.84. The lowest BCUT2D eigenvalue weighted by molar-refractivity contribution is 0.0935. The number of sulfonamides is 1. The molecule has 1 unspecified atom stereocenters. The molecule has 0 fully saturated rings. The molecule has 0 saturated heterocycles. The molecule has 0 spiro atoms. The van der Waals surface area contributed by atoms with Crippen LogP contribution in [0.25, 0.3) is 0 Å². The van der Waals surface area contributed by atoms with Gasteiger partial charge in [-0.3, -0.25) is 0 Å². The number of hydrogen-bond donors (Lipinski definition) is 2. The molecule has 0 aliphatic heterocycles. The van der Waals surface area contributed by atoms with Crippen LogP contribution in [0.5, 0.6) is 5.75 Å². The van der Waals surface area contributed by atoms with E-state index in [9.17, 15) is 13.5 Å². The van der Waals surface area contributed by atoms with E-state index in [1.54, 1.807) is 29.6 Å². The SMILES string of the molecule is CN(CC(O)COc1ccc(Cl)cc1)S(=O)(=O)c1csc2c1CCC/C2=N/O. The van der Waals surface area contributed by atoms with Gasteiger partial charge < -0.3 is 15.1 Å². The Morgan fingerprint density at radius 3 is 2.71 bits per heavy atom. The van der Waals surface area contributed by atoms with Crippen LogP contribution in [0, 0.1) is 0 Å². The molecule has 0 saturated carbocycles. The third-order valence-electron chi connectivity index (χ3n) is 4.49. The van der Waals surface area contributed by atoms with Crippen molar-refractivity contribution in [3.8, 4) is 5.75 Å². The van der Waals surface area contributed by atoms with E-state index in [0.29, 0.717) is 39.8 Å². The van der Waals surface area contributed by atoms with Gasteiger partial charge in [0.25, 0.3) is 0 Å². The topological polar surface area (TPSA) is 99.4 Å². The first-order valence-electron chi connectivity index (χ1n) is 8.67. The predicted molar refractivity (Wildman–Crippen MR) is 108 cm³/mol. The maximum absolute atomic E-state index is 13.0. The van der Waals surface area contributed by atoms with Gasteiger partial charge in [-0.05, 0) is 49.1 Å².